The number of benzene rings is 1. The molecule has 1 heterocycles. The maximum absolute atomic E-state index is 13.2. The van der Waals surface area contributed by atoms with Crippen molar-refractivity contribution in [1.82, 2.24) is 9.21 Å². The molecular weight excluding hydrogens is 464 g/mol. The Morgan fingerprint density at radius 3 is 2.62 bits per heavy atom. The van der Waals surface area contributed by atoms with Gasteiger partial charge in [-0.25, -0.2) is 13.2 Å². The molecule has 1 saturated heterocycles. The molecule has 0 aliphatic carbocycles. The van der Waals surface area contributed by atoms with E-state index in [9.17, 15) is 13.2 Å². The third kappa shape index (κ3) is 4.30. The summed E-state index contributed by atoms with van der Waals surface area (Å²) in [5.74, 6) is 0.129. The highest BCUT2D eigenvalue weighted by atomic mass is 79.9. The number of hydrogen-bond acceptors (Lipinski definition) is 3. The van der Waals surface area contributed by atoms with Gasteiger partial charge in [0.15, 0.2) is 0 Å². The van der Waals surface area contributed by atoms with Crippen LogP contribution in [0.3, 0.4) is 0 Å². The Kier molecular flexibility index (Phi) is 6.33. The quantitative estimate of drug-likeness (QED) is 0.693. The molecule has 1 aromatic carbocycles. The van der Waals surface area contributed by atoms with E-state index in [0.717, 1.165) is 0 Å². The molecule has 6 nitrogen and oxygen atoms in total. The maximum Gasteiger partial charge on any atom is 0.407 e. The molecule has 0 unspecified atom stereocenters. The van der Waals surface area contributed by atoms with Gasteiger partial charge in [-0.05, 0) is 46.5 Å². The summed E-state index contributed by atoms with van der Waals surface area (Å²) in [7, 11) is -3.74. The summed E-state index contributed by atoms with van der Waals surface area (Å²) in [4.78, 5) is 12.6. The second-order valence-electron chi connectivity index (χ2n) is 6.21. The molecular formula is C15H20Br2N2O4S. The van der Waals surface area contributed by atoms with Gasteiger partial charge >= 0.3 is 6.09 Å². The minimum atomic E-state index is -3.74. The van der Waals surface area contributed by atoms with Crippen LogP contribution < -0.4 is 0 Å². The zero-order valence-electron chi connectivity index (χ0n) is 13.4. The molecule has 0 bridgehead atoms. The van der Waals surface area contributed by atoms with Gasteiger partial charge in [-0.1, -0.05) is 29.8 Å². The molecule has 1 aliphatic rings. The normalized spacial score (nSPS) is 18.6. The second kappa shape index (κ2) is 7.72. The Bertz CT molecular complexity index is 724. The van der Waals surface area contributed by atoms with E-state index in [4.69, 9.17) is 5.11 Å². The first-order chi connectivity index (χ1) is 11.1. The average Bonchev–Trinajstić information content (AvgIpc) is 2.96. The zero-order valence-corrected chi connectivity index (χ0v) is 17.4. The van der Waals surface area contributed by atoms with Gasteiger partial charge in [-0.2, -0.15) is 4.31 Å². The fourth-order valence-electron chi connectivity index (χ4n) is 2.76. The molecule has 9 heteroatoms. The molecule has 2 rings (SSSR count). The number of nitrogens with zero attached hydrogens (tertiary/aromatic N) is 2. The van der Waals surface area contributed by atoms with E-state index in [-0.39, 0.29) is 23.4 Å². The highest BCUT2D eigenvalue weighted by Gasteiger charge is 2.38. The van der Waals surface area contributed by atoms with Crippen LogP contribution in [-0.2, 0) is 10.0 Å². The Hall–Kier alpha value is -0.640. The summed E-state index contributed by atoms with van der Waals surface area (Å²) in [6.45, 7) is 4.79. The van der Waals surface area contributed by atoms with Crippen LogP contribution in [0.1, 0.15) is 20.3 Å². The molecule has 1 N–H and O–H groups in total. The number of rotatable bonds is 5. The van der Waals surface area contributed by atoms with Crippen molar-refractivity contribution in [3.05, 3.63) is 27.1 Å². The van der Waals surface area contributed by atoms with Gasteiger partial charge in [-0.15, -0.1) is 0 Å². The number of likely N-dealkylation sites (tertiary alicyclic amines) is 1. The predicted octanol–water partition coefficient (Wildman–Crippen LogP) is 3.61. The third-order valence-electron chi connectivity index (χ3n) is 3.87. The van der Waals surface area contributed by atoms with Crippen LogP contribution in [0.2, 0.25) is 0 Å². The lowest BCUT2D eigenvalue weighted by Crippen LogP contribution is -2.44. The summed E-state index contributed by atoms with van der Waals surface area (Å²) in [5, 5.41) is 9.14. The Morgan fingerprint density at radius 1 is 1.42 bits per heavy atom. The molecule has 1 aliphatic heterocycles. The zero-order chi connectivity index (χ0) is 18.1. The lowest BCUT2D eigenvalue weighted by Gasteiger charge is -2.30. The number of halogens is 2. The van der Waals surface area contributed by atoms with Crippen molar-refractivity contribution in [2.45, 2.75) is 31.2 Å². The molecule has 1 atom stereocenters. The fraction of sp³-hybridized carbons (Fsp3) is 0.533. The number of sulfonamides is 1. The Labute approximate surface area is 159 Å². The Morgan fingerprint density at radius 2 is 2.08 bits per heavy atom. The fourth-order valence-corrected chi connectivity index (χ4v) is 6.03. The number of carbonyl (C=O) groups is 1. The summed E-state index contributed by atoms with van der Waals surface area (Å²) in [6.07, 6.45) is -0.507. The number of hydrogen-bond donors (Lipinski definition) is 1. The van der Waals surface area contributed by atoms with E-state index in [1.165, 1.54) is 9.21 Å². The van der Waals surface area contributed by atoms with E-state index >= 15 is 0 Å². The van der Waals surface area contributed by atoms with Crippen molar-refractivity contribution in [3.63, 3.8) is 0 Å². The minimum Gasteiger partial charge on any atom is -0.465 e. The minimum absolute atomic E-state index is 0.129. The number of amides is 1. The van der Waals surface area contributed by atoms with Crippen molar-refractivity contribution >= 4 is 48.0 Å². The van der Waals surface area contributed by atoms with Crippen molar-refractivity contribution in [1.29, 1.82) is 0 Å². The SMILES string of the molecule is CC(C)CN([C@@H]1CCN(C(=O)O)C1)S(=O)(=O)c1cc(Br)ccc1Br. The standard InChI is InChI=1S/C15H20Br2N2O4S/c1-10(2)8-19(12-5-6-18(9-12)15(20)21)24(22,23)14-7-11(16)3-4-13(14)17/h3-4,7,10,12H,5-6,8-9H2,1-2H3,(H,20,21)/t12-/m1/s1. The Balaban J connectivity index is 2.40. The highest BCUT2D eigenvalue weighted by molar-refractivity contribution is 9.11. The third-order valence-corrected chi connectivity index (χ3v) is 7.27. The van der Waals surface area contributed by atoms with E-state index < -0.39 is 16.1 Å². The number of carboxylic acid groups (broad SMARTS) is 1. The van der Waals surface area contributed by atoms with Crippen LogP contribution in [0.4, 0.5) is 4.79 Å². The van der Waals surface area contributed by atoms with Crippen molar-refractivity contribution in [3.8, 4) is 0 Å². The second-order valence-corrected chi connectivity index (χ2v) is 9.84. The van der Waals surface area contributed by atoms with Gasteiger partial charge in [0.2, 0.25) is 10.0 Å². The molecule has 0 radical (unpaired) electrons. The molecule has 0 saturated carbocycles. The highest BCUT2D eigenvalue weighted by Crippen LogP contribution is 2.31. The van der Waals surface area contributed by atoms with Crippen molar-refractivity contribution in [2.75, 3.05) is 19.6 Å². The first-order valence-corrected chi connectivity index (χ1v) is 10.6. The maximum atomic E-state index is 13.2. The summed E-state index contributed by atoms with van der Waals surface area (Å²) < 4.78 is 29.0. The van der Waals surface area contributed by atoms with Gasteiger partial charge in [0.25, 0.3) is 0 Å². The van der Waals surface area contributed by atoms with E-state index in [2.05, 4.69) is 31.9 Å². The van der Waals surface area contributed by atoms with Gasteiger partial charge in [0, 0.05) is 34.6 Å². The van der Waals surface area contributed by atoms with Gasteiger partial charge in [0.05, 0.1) is 4.90 Å². The smallest absolute Gasteiger partial charge is 0.407 e. The van der Waals surface area contributed by atoms with Gasteiger partial charge < -0.3 is 10.0 Å². The first kappa shape index (κ1) is 19.7. The first-order valence-electron chi connectivity index (χ1n) is 7.57. The lowest BCUT2D eigenvalue weighted by atomic mass is 10.2. The lowest BCUT2D eigenvalue weighted by molar-refractivity contribution is 0.152. The molecule has 134 valence electrons. The van der Waals surface area contributed by atoms with Crippen molar-refractivity contribution in [2.24, 2.45) is 5.92 Å². The van der Waals surface area contributed by atoms with Crippen LogP contribution >= 0.6 is 31.9 Å². The average molecular weight is 484 g/mol. The molecule has 1 fully saturated rings. The van der Waals surface area contributed by atoms with Gasteiger partial charge in [-0.3, -0.25) is 0 Å². The van der Waals surface area contributed by atoms with Crippen LogP contribution in [-0.4, -0.2) is 54.5 Å². The largest absolute Gasteiger partial charge is 0.465 e. The molecule has 0 aromatic heterocycles. The molecule has 1 amide bonds. The summed E-state index contributed by atoms with van der Waals surface area (Å²) in [5.41, 5.74) is 0. The predicted molar refractivity (Wildman–Crippen MR) is 98.6 cm³/mol. The van der Waals surface area contributed by atoms with Crippen molar-refractivity contribution < 1.29 is 18.3 Å². The summed E-state index contributed by atoms with van der Waals surface area (Å²) in [6, 6.07) is 4.66. The monoisotopic (exact) mass is 482 g/mol. The van der Waals surface area contributed by atoms with E-state index in [1.807, 2.05) is 13.8 Å². The molecule has 0 spiro atoms. The van der Waals surface area contributed by atoms with E-state index in [1.54, 1.807) is 18.2 Å². The van der Waals surface area contributed by atoms with Gasteiger partial charge in [0.1, 0.15) is 0 Å². The summed E-state index contributed by atoms with van der Waals surface area (Å²) >= 11 is 6.62. The van der Waals surface area contributed by atoms with Crippen LogP contribution in [0.5, 0.6) is 0 Å². The van der Waals surface area contributed by atoms with Crippen LogP contribution in [0, 0.1) is 5.92 Å². The van der Waals surface area contributed by atoms with Crippen LogP contribution in [0.25, 0.3) is 0 Å². The molecule has 1 aromatic rings. The van der Waals surface area contributed by atoms with E-state index in [0.29, 0.717) is 28.5 Å². The topological polar surface area (TPSA) is 77.9 Å². The molecule has 24 heavy (non-hydrogen) atoms. The van der Waals surface area contributed by atoms with Crippen LogP contribution in [0.15, 0.2) is 32.0 Å².